The normalized spacial score (nSPS) is 9.56. The molecule has 0 bridgehead atoms. The van der Waals surface area contributed by atoms with Crippen LogP contribution in [-0.4, -0.2) is 19.1 Å². The first kappa shape index (κ1) is 12.8. The topological polar surface area (TPSA) is 38.3 Å². The van der Waals surface area contributed by atoms with E-state index < -0.39 is 0 Å². The number of halogens is 1. The average molecular weight is 284 g/mol. The molecule has 1 amide bonds. The summed E-state index contributed by atoms with van der Waals surface area (Å²) in [5.74, 6) is -0.0638. The first-order chi connectivity index (χ1) is 7.74. The van der Waals surface area contributed by atoms with E-state index in [1.165, 1.54) is 6.26 Å². The lowest BCUT2D eigenvalue weighted by Gasteiger charge is -2.05. The van der Waals surface area contributed by atoms with Crippen molar-refractivity contribution in [3.05, 3.63) is 47.1 Å². The van der Waals surface area contributed by atoms with Crippen LogP contribution >= 0.6 is 15.9 Å². The van der Waals surface area contributed by atoms with E-state index in [1.54, 1.807) is 12.1 Å². The molecule has 0 aliphatic heterocycles. The molecule has 1 N–H and O–H groups in total. The molecule has 0 radical (unpaired) electrons. The summed E-state index contributed by atoms with van der Waals surface area (Å²) in [5, 5.41) is 2.81. The van der Waals surface area contributed by atoms with Crippen molar-refractivity contribution in [1.29, 1.82) is 0 Å². The van der Waals surface area contributed by atoms with E-state index in [0.29, 0.717) is 18.7 Å². The number of hydrogen-bond acceptors (Lipinski definition) is 2. The second kappa shape index (κ2) is 7.06. The molecule has 0 unspecified atom stereocenters. The minimum Gasteiger partial charge on any atom is -0.502 e. The maximum absolute atomic E-state index is 11.6. The molecule has 0 saturated carbocycles. The minimum absolute atomic E-state index is 0.0638. The van der Waals surface area contributed by atoms with Crippen LogP contribution in [0.5, 0.6) is 0 Å². The summed E-state index contributed by atoms with van der Waals surface area (Å²) in [6.07, 6.45) is 2.17. The van der Waals surface area contributed by atoms with Gasteiger partial charge < -0.3 is 10.1 Å². The third-order valence-electron chi connectivity index (χ3n) is 1.95. The smallest absolute Gasteiger partial charge is 0.251 e. The number of hydrogen-bond donors (Lipinski definition) is 1. The molecule has 16 heavy (non-hydrogen) atoms. The molecule has 1 aromatic carbocycles. The first-order valence-corrected chi connectivity index (χ1v) is 5.79. The van der Waals surface area contributed by atoms with Crippen LogP contribution in [0, 0.1) is 0 Å². The van der Waals surface area contributed by atoms with Gasteiger partial charge in [0.15, 0.2) is 0 Å². The fraction of sp³-hybridized carbons (Fsp3) is 0.250. The van der Waals surface area contributed by atoms with Crippen molar-refractivity contribution in [2.75, 3.05) is 13.2 Å². The van der Waals surface area contributed by atoms with Gasteiger partial charge in [-0.05, 0) is 30.7 Å². The Hall–Kier alpha value is -1.29. The molecule has 0 atom stereocenters. The van der Waals surface area contributed by atoms with E-state index in [4.69, 9.17) is 4.74 Å². The average Bonchev–Trinajstić information content (AvgIpc) is 2.29. The number of carbonyl (C=O) groups excluding carboxylic acids is 1. The van der Waals surface area contributed by atoms with Gasteiger partial charge in [-0.2, -0.15) is 0 Å². The highest BCUT2D eigenvalue weighted by molar-refractivity contribution is 9.10. The lowest BCUT2D eigenvalue weighted by atomic mass is 10.2. The van der Waals surface area contributed by atoms with E-state index in [-0.39, 0.29) is 5.91 Å². The fourth-order valence-corrected chi connectivity index (χ4v) is 1.41. The monoisotopic (exact) mass is 283 g/mol. The third-order valence-corrected chi connectivity index (χ3v) is 2.48. The lowest BCUT2D eigenvalue weighted by Crippen LogP contribution is -2.25. The minimum atomic E-state index is -0.0638. The lowest BCUT2D eigenvalue weighted by molar-refractivity contribution is 0.0950. The van der Waals surface area contributed by atoms with Crippen molar-refractivity contribution in [2.45, 2.75) is 6.42 Å². The fourth-order valence-electron chi connectivity index (χ4n) is 1.14. The molecule has 1 rings (SSSR count). The zero-order chi connectivity index (χ0) is 11.8. The van der Waals surface area contributed by atoms with Crippen molar-refractivity contribution in [3.63, 3.8) is 0 Å². The molecule has 3 nitrogen and oxygen atoms in total. The van der Waals surface area contributed by atoms with Crippen LogP contribution in [0.3, 0.4) is 0 Å². The number of amides is 1. The molecule has 0 aliphatic rings. The maximum Gasteiger partial charge on any atom is 0.251 e. The zero-order valence-electron chi connectivity index (χ0n) is 8.91. The molecule has 4 heteroatoms. The van der Waals surface area contributed by atoms with Gasteiger partial charge in [0.05, 0.1) is 12.9 Å². The van der Waals surface area contributed by atoms with Gasteiger partial charge in [0, 0.05) is 16.6 Å². The third kappa shape index (κ3) is 4.49. The Morgan fingerprint density at radius 1 is 1.44 bits per heavy atom. The summed E-state index contributed by atoms with van der Waals surface area (Å²) in [6.45, 7) is 4.61. The Balaban J connectivity index is 2.29. The quantitative estimate of drug-likeness (QED) is 0.644. The molecule has 0 aromatic heterocycles. The van der Waals surface area contributed by atoms with E-state index >= 15 is 0 Å². The second-order valence-corrected chi connectivity index (χ2v) is 4.07. The summed E-state index contributed by atoms with van der Waals surface area (Å²) in [4.78, 5) is 11.6. The van der Waals surface area contributed by atoms with Gasteiger partial charge in [-0.25, -0.2) is 0 Å². The van der Waals surface area contributed by atoms with E-state index in [9.17, 15) is 4.79 Å². The molecule has 0 fully saturated rings. The molecule has 0 spiro atoms. The van der Waals surface area contributed by atoms with E-state index in [0.717, 1.165) is 10.9 Å². The molecular formula is C12H14BrNO2. The number of ether oxygens (including phenoxy) is 1. The predicted molar refractivity (Wildman–Crippen MR) is 67.2 cm³/mol. The molecule has 86 valence electrons. The number of benzene rings is 1. The highest BCUT2D eigenvalue weighted by Crippen LogP contribution is 2.10. The van der Waals surface area contributed by atoms with Crippen LogP contribution < -0.4 is 5.32 Å². The summed E-state index contributed by atoms with van der Waals surface area (Å²) in [6, 6.07) is 7.24. The van der Waals surface area contributed by atoms with Crippen LogP contribution in [-0.2, 0) is 4.74 Å². The van der Waals surface area contributed by atoms with Gasteiger partial charge in [0.25, 0.3) is 5.91 Å². The Kier molecular flexibility index (Phi) is 5.64. The second-order valence-electron chi connectivity index (χ2n) is 3.15. The maximum atomic E-state index is 11.6. The Labute approximate surface area is 104 Å². The highest BCUT2D eigenvalue weighted by Gasteiger charge is 2.03. The molecular weight excluding hydrogens is 270 g/mol. The van der Waals surface area contributed by atoms with Gasteiger partial charge in [-0.1, -0.05) is 22.5 Å². The van der Waals surface area contributed by atoms with Gasteiger partial charge in [-0.15, -0.1) is 0 Å². The Morgan fingerprint density at radius 2 is 2.12 bits per heavy atom. The predicted octanol–water partition coefficient (Wildman–Crippen LogP) is 2.73. The summed E-state index contributed by atoms with van der Waals surface area (Å²) in [7, 11) is 0. The summed E-state index contributed by atoms with van der Waals surface area (Å²) in [5.41, 5.74) is 0.660. The molecule has 1 aromatic rings. The van der Waals surface area contributed by atoms with E-state index in [1.807, 2.05) is 12.1 Å². The number of carbonyl (C=O) groups is 1. The standard InChI is InChI=1S/C12H14BrNO2/c1-2-16-9-3-8-14-12(15)10-4-6-11(13)7-5-10/h2,4-7H,1,3,8-9H2,(H,14,15). The Bertz CT molecular complexity index is 349. The van der Waals surface area contributed by atoms with Crippen LogP contribution in [0.2, 0.25) is 0 Å². The summed E-state index contributed by atoms with van der Waals surface area (Å²) >= 11 is 3.32. The molecule has 0 heterocycles. The van der Waals surface area contributed by atoms with Crippen molar-refractivity contribution >= 4 is 21.8 Å². The van der Waals surface area contributed by atoms with Crippen molar-refractivity contribution in [1.82, 2.24) is 5.32 Å². The van der Waals surface area contributed by atoms with Crippen molar-refractivity contribution in [2.24, 2.45) is 0 Å². The largest absolute Gasteiger partial charge is 0.502 e. The van der Waals surface area contributed by atoms with Crippen molar-refractivity contribution < 1.29 is 9.53 Å². The number of nitrogens with one attached hydrogen (secondary N) is 1. The zero-order valence-corrected chi connectivity index (χ0v) is 10.5. The molecule has 0 aliphatic carbocycles. The Morgan fingerprint density at radius 3 is 2.75 bits per heavy atom. The van der Waals surface area contributed by atoms with E-state index in [2.05, 4.69) is 27.8 Å². The van der Waals surface area contributed by atoms with Crippen molar-refractivity contribution in [3.8, 4) is 0 Å². The van der Waals surface area contributed by atoms with Crippen LogP contribution in [0.1, 0.15) is 16.8 Å². The SMILES string of the molecule is C=COCCCNC(=O)c1ccc(Br)cc1. The first-order valence-electron chi connectivity index (χ1n) is 5.00. The van der Waals surface area contributed by atoms with Crippen LogP contribution in [0.15, 0.2) is 41.6 Å². The number of rotatable bonds is 6. The summed E-state index contributed by atoms with van der Waals surface area (Å²) < 4.78 is 5.90. The highest BCUT2D eigenvalue weighted by atomic mass is 79.9. The van der Waals surface area contributed by atoms with Gasteiger partial charge in [-0.3, -0.25) is 4.79 Å². The molecule has 0 saturated heterocycles. The van der Waals surface area contributed by atoms with Gasteiger partial charge in [0.1, 0.15) is 0 Å². The van der Waals surface area contributed by atoms with Crippen LogP contribution in [0.4, 0.5) is 0 Å². The van der Waals surface area contributed by atoms with Crippen LogP contribution in [0.25, 0.3) is 0 Å². The van der Waals surface area contributed by atoms with Gasteiger partial charge >= 0.3 is 0 Å². The van der Waals surface area contributed by atoms with Gasteiger partial charge in [0.2, 0.25) is 0 Å².